The summed E-state index contributed by atoms with van der Waals surface area (Å²) < 4.78 is 0. The number of aromatic nitrogens is 1. The van der Waals surface area contributed by atoms with E-state index in [0.29, 0.717) is 12.6 Å². The number of guanidine groups is 1. The molecule has 24 heavy (non-hydrogen) atoms. The van der Waals surface area contributed by atoms with Gasteiger partial charge in [0.1, 0.15) is 5.01 Å². The van der Waals surface area contributed by atoms with Gasteiger partial charge in [0.05, 0.1) is 6.54 Å². The van der Waals surface area contributed by atoms with Crippen molar-refractivity contribution in [2.45, 2.75) is 32.9 Å². The van der Waals surface area contributed by atoms with Gasteiger partial charge < -0.3 is 15.5 Å². The van der Waals surface area contributed by atoms with Crippen molar-refractivity contribution < 1.29 is 0 Å². The second kappa shape index (κ2) is 11.2. The van der Waals surface area contributed by atoms with E-state index in [1.165, 1.54) is 4.88 Å². The summed E-state index contributed by atoms with van der Waals surface area (Å²) in [6, 6.07) is 0.518. The van der Waals surface area contributed by atoms with Gasteiger partial charge in [0.2, 0.25) is 0 Å². The van der Waals surface area contributed by atoms with Crippen LogP contribution in [0.15, 0.2) is 11.2 Å². The number of rotatable bonds is 6. The molecule has 0 aromatic carbocycles. The van der Waals surface area contributed by atoms with Crippen LogP contribution in [-0.4, -0.2) is 73.6 Å². The quantitative estimate of drug-likeness (QED) is 0.379. The Kier molecular flexibility index (Phi) is 10.1. The summed E-state index contributed by atoms with van der Waals surface area (Å²) in [5.41, 5.74) is 0. The van der Waals surface area contributed by atoms with E-state index in [0.717, 1.165) is 50.1 Å². The number of nitrogens with one attached hydrogen (secondary N) is 2. The highest BCUT2D eigenvalue weighted by molar-refractivity contribution is 14.0. The summed E-state index contributed by atoms with van der Waals surface area (Å²) in [5.74, 6) is 0.877. The first-order valence-electron chi connectivity index (χ1n) is 8.46. The molecule has 0 amide bonds. The Morgan fingerprint density at radius 1 is 1.33 bits per heavy atom. The van der Waals surface area contributed by atoms with Crippen molar-refractivity contribution in [1.82, 2.24) is 25.4 Å². The lowest BCUT2D eigenvalue weighted by atomic mass is 10.2. The van der Waals surface area contributed by atoms with Crippen LogP contribution in [0, 0.1) is 0 Å². The van der Waals surface area contributed by atoms with Gasteiger partial charge >= 0.3 is 0 Å². The molecule has 1 unspecified atom stereocenters. The Morgan fingerprint density at radius 3 is 2.79 bits per heavy atom. The van der Waals surface area contributed by atoms with E-state index in [9.17, 15) is 0 Å². The average molecular weight is 466 g/mol. The van der Waals surface area contributed by atoms with Crippen molar-refractivity contribution in [3.8, 4) is 0 Å². The summed E-state index contributed by atoms with van der Waals surface area (Å²) >= 11 is 1.75. The van der Waals surface area contributed by atoms with E-state index in [1.54, 1.807) is 11.3 Å². The Balaban J connectivity index is 0.00000288. The van der Waals surface area contributed by atoms with Gasteiger partial charge in [0, 0.05) is 49.8 Å². The van der Waals surface area contributed by atoms with Gasteiger partial charge in [0.15, 0.2) is 5.96 Å². The fourth-order valence-electron chi connectivity index (χ4n) is 2.61. The Labute approximate surface area is 167 Å². The highest BCUT2D eigenvalue weighted by atomic mass is 127. The molecule has 2 heterocycles. The fourth-order valence-corrected chi connectivity index (χ4v) is 3.40. The number of hydrogen-bond acceptors (Lipinski definition) is 5. The standard InChI is InChI=1S/C16H30N6S.HI/c1-5-14-10-18-15(23-14)11-20-16(17-6-2)19-9-13-12-21(3)7-8-22(13)4;/h10,13H,5-9,11-12H2,1-4H3,(H2,17,19,20);1H. The van der Waals surface area contributed by atoms with Crippen LogP contribution in [0.4, 0.5) is 0 Å². The Bertz CT molecular complexity index is 507. The van der Waals surface area contributed by atoms with E-state index in [1.807, 2.05) is 6.20 Å². The minimum atomic E-state index is 0. The number of aryl methyl sites for hydroxylation is 1. The zero-order chi connectivity index (χ0) is 16.7. The van der Waals surface area contributed by atoms with E-state index in [4.69, 9.17) is 0 Å². The van der Waals surface area contributed by atoms with Gasteiger partial charge in [0.25, 0.3) is 0 Å². The number of likely N-dealkylation sites (N-methyl/N-ethyl adjacent to an activating group) is 2. The molecule has 1 aliphatic rings. The summed E-state index contributed by atoms with van der Waals surface area (Å²) in [6.45, 7) is 10.0. The highest BCUT2D eigenvalue weighted by Gasteiger charge is 2.21. The van der Waals surface area contributed by atoms with Crippen LogP contribution in [0.3, 0.4) is 0 Å². The first-order chi connectivity index (χ1) is 11.1. The van der Waals surface area contributed by atoms with Crippen LogP contribution in [0.1, 0.15) is 23.7 Å². The maximum atomic E-state index is 4.67. The summed E-state index contributed by atoms with van der Waals surface area (Å²) in [4.78, 5) is 15.2. The zero-order valence-corrected chi connectivity index (χ0v) is 18.4. The van der Waals surface area contributed by atoms with Crippen LogP contribution in [0.2, 0.25) is 0 Å². The highest BCUT2D eigenvalue weighted by Crippen LogP contribution is 2.14. The number of piperazine rings is 1. The molecule has 1 aliphatic heterocycles. The lowest BCUT2D eigenvalue weighted by Gasteiger charge is -2.37. The minimum Gasteiger partial charge on any atom is -0.357 e. The van der Waals surface area contributed by atoms with Crippen molar-refractivity contribution in [3.05, 3.63) is 16.1 Å². The van der Waals surface area contributed by atoms with Crippen LogP contribution < -0.4 is 10.6 Å². The lowest BCUT2D eigenvalue weighted by Crippen LogP contribution is -2.55. The van der Waals surface area contributed by atoms with Gasteiger partial charge in [-0.2, -0.15) is 0 Å². The van der Waals surface area contributed by atoms with E-state index in [-0.39, 0.29) is 24.0 Å². The minimum absolute atomic E-state index is 0. The van der Waals surface area contributed by atoms with E-state index < -0.39 is 0 Å². The lowest BCUT2D eigenvalue weighted by molar-refractivity contribution is 0.116. The molecule has 0 bridgehead atoms. The molecule has 6 nitrogen and oxygen atoms in total. The summed E-state index contributed by atoms with van der Waals surface area (Å²) in [5, 5.41) is 7.88. The molecule has 1 saturated heterocycles. The van der Waals surface area contributed by atoms with Crippen molar-refractivity contribution in [1.29, 1.82) is 0 Å². The molecule has 8 heteroatoms. The molecule has 1 aromatic heterocycles. The predicted molar refractivity (Wildman–Crippen MR) is 114 cm³/mol. The monoisotopic (exact) mass is 466 g/mol. The summed E-state index contributed by atoms with van der Waals surface area (Å²) in [6.07, 6.45) is 3.00. The maximum Gasteiger partial charge on any atom is 0.191 e. The van der Waals surface area contributed by atoms with Crippen molar-refractivity contribution in [2.75, 3.05) is 46.8 Å². The van der Waals surface area contributed by atoms with Gasteiger partial charge in [-0.3, -0.25) is 4.90 Å². The Hall–Kier alpha value is -0.450. The fraction of sp³-hybridized carbons (Fsp3) is 0.750. The molecular weight excluding hydrogens is 435 g/mol. The van der Waals surface area contributed by atoms with Gasteiger partial charge in [-0.25, -0.2) is 9.98 Å². The van der Waals surface area contributed by atoms with Gasteiger partial charge in [-0.05, 0) is 27.4 Å². The van der Waals surface area contributed by atoms with E-state index in [2.05, 4.69) is 58.4 Å². The molecule has 2 N–H and O–H groups in total. The molecular formula is C16H31IN6S. The van der Waals surface area contributed by atoms with Crippen LogP contribution >= 0.6 is 35.3 Å². The maximum absolute atomic E-state index is 4.67. The largest absolute Gasteiger partial charge is 0.357 e. The molecule has 2 rings (SSSR count). The second-order valence-electron chi connectivity index (χ2n) is 6.05. The molecule has 0 saturated carbocycles. The first-order valence-corrected chi connectivity index (χ1v) is 9.28. The average Bonchev–Trinajstić information content (AvgIpc) is 3.01. The topological polar surface area (TPSA) is 55.8 Å². The Morgan fingerprint density at radius 2 is 2.12 bits per heavy atom. The van der Waals surface area contributed by atoms with Crippen LogP contribution in [0.25, 0.3) is 0 Å². The number of nitrogens with zero attached hydrogens (tertiary/aromatic N) is 4. The first kappa shape index (κ1) is 21.6. The van der Waals surface area contributed by atoms with Gasteiger partial charge in [-0.1, -0.05) is 6.92 Å². The smallest absolute Gasteiger partial charge is 0.191 e. The molecule has 1 fully saturated rings. The second-order valence-corrected chi connectivity index (χ2v) is 7.25. The number of thiazole rings is 1. The normalized spacial score (nSPS) is 19.8. The summed E-state index contributed by atoms with van der Waals surface area (Å²) in [7, 11) is 4.39. The van der Waals surface area contributed by atoms with Gasteiger partial charge in [-0.15, -0.1) is 35.3 Å². The van der Waals surface area contributed by atoms with Crippen LogP contribution in [-0.2, 0) is 13.0 Å². The molecule has 0 aliphatic carbocycles. The van der Waals surface area contributed by atoms with E-state index >= 15 is 0 Å². The third-order valence-electron chi connectivity index (χ3n) is 4.15. The van der Waals surface area contributed by atoms with Crippen molar-refractivity contribution in [3.63, 3.8) is 0 Å². The number of aliphatic imine (C=N–C) groups is 1. The van der Waals surface area contributed by atoms with Crippen molar-refractivity contribution in [2.24, 2.45) is 4.99 Å². The molecule has 1 atom stereocenters. The molecule has 0 spiro atoms. The predicted octanol–water partition coefficient (Wildman–Crippen LogP) is 1.62. The number of halogens is 1. The SMILES string of the molecule is CCNC(=NCc1ncc(CC)s1)NCC1CN(C)CCN1C.I. The molecule has 1 aromatic rings. The third kappa shape index (κ3) is 6.81. The third-order valence-corrected chi connectivity index (χ3v) is 5.28. The van der Waals surface area contributed by atoms with Crippen LogP contribution in [0.5, 0.6) is 0 Å². The molecule has 0 radical (unpaired) electrons. The van der Waals surface area contributed by atoms with Crippen molar-refractivity contribution >= 4 is 41.3 Å². The molecule has 138 valence electrons. The number of hydrogen-bond donors (Lipinski definition) is 2. The zero-order valence-electron chi connectivity index (χ0n) is 15.2.